The van der Waals surface area contributed by atoms with E-state index in [9.17, 15) is 19.6 Å². The van der Waals surface area contributed by atoms with E-state index in [0.717, 1.165) is 19.3 Å². The molecule has 3 atom stereocenters. The van der Waals surface area contributed by atoms with E-state index in [0.29, 0.717) is 43.6 Å². The molecule has 0 aromatic heterocycles. The summed E-state index contributed by atoms with van der Waals surface area (Å²) in [7, 11) is 0. The van der Waals surface area contributed by atoms with E-state index in [1.807, 2.05) is 11.8 Å². The van der Waals surface area contributed by atoms with Crippen molar-refractivity contribution in [3.05, 3.63) is 24.0 Å². The van der Waals surface area contributed by atoms with Crippen LogP contribution in [-0.4, -0.2) is 55.2 Å². The third-order valence-corrected chi connectivity index (χ3v) is 7.54. The van der Waals surface area contributed by atoms with Gasteiger partial charge in [-0.05, 0) is 50.8 Å². The molecule has 1 aliphatic carbocycles. The predicted octanol–water partition coefficient (Wildman–Crippen LogP) is 3.23. The number of hydrogen-bond donors (Lipinski definition) is 2. The van der Waals surface area contributed by atoms with E-state index in [4.69, 9.17) is 4.74 Å². The molecule has 2 aliphatic heterocycles. The minimum absolute atomic E-state index is 0.0713. The molecule has 1 aromatic rings. The molecule has 3 aliphatic rings. The maximum atomic E-state index is 15.2. The quantitative estimate of drug-likeness (QED) is 0.621. The molecule has 9 nitrogen and oxygen atoms in total. The molecule has 2 heterocycles. The highest BCUT2D eigenvalue weighted by atomic mass is 19.1. The Morgan fingerprint density at radius 2 is 2.03 bits per heavy atom. The summed E-state index contributed by atoms with van der Waals surface area (Å²) in [6.07, 6.45) is 4.44. The SMILES string of the molecule is CC(=O)NCC1CN(c2ccc(N3CCC(C(=O)NC4(C#N)CCCCC4)CC3C)c(F)c2)C(=O)O1. The molecular formula is C26H34FN5O4. The minimum Gasteiger partial charge on any atom is -0.442 e. The fourth-order valence-electron chi connectivity index (χ4n) is 5.52. The molecule has 0 bridgehead atoms. The first kappa shape index (κ1) is 25.7. The van der Waals surface area contributed by atoms with Gasteiger partial charge in [-0.15, -0.1) is 0 Å². The van der Waals surface area contributed by atoms with Crippen LogP contribution in [0.1, 0.15) is 58.8 Å². The maximum Gasteiger partial charge on any atom is 0.414 e. The summed E-state index contributed by atoms with van der Waals surface area (Å²) < 4.78 is 20.5. The van der Waals surface area contributed by atoms with Crippen LogP contribution in [0.2, 0.25) is 0 Å². The lowest BCUT2D eigenvalue weighted by atomic mass is 9.81. The number of nitrogens with one attached hydrogen (secondary N) is 2. The number of cyclic esters (lactones) is 1. The van der Waals surface area contributed by atoms with Gasteiger partial charge in [0, 0.05) is 25.4 Å². The van der Waals surface area contributed by atoms with E-state index in [1.54, 1.807) is 12.1 Å². The van der Waals surface area contributed by atoms with Crippen molar-refractivity contribution in [2.45, 2.75) is 76.5 Å². The van der Waals surface area contributed by atoms with Crippen LogP contribution >= 0.6 is 0 Å². The Hall–Kier alpha value is -3.35. The van der Waals surface area contributed by atoms with E-state index in [2.05, 4.69) is 16.7 Å². The molecule has 10 heteroatoms. The van der Waals surface area contributed by atoms with Crippen LogP contribution in [0.5, 0.6) is 0 Å². The molecule has 1 aromatic carbocycles. The lowest BCUT2D eigenvalue weighted by molar-refractivity contribution is -0.127. The summed E-state index contributed by atoms with van der Waals surface area (Å²) in [6, 6.07) is 6.93. The molecule has 3 unspecified atom stereocenters. The van der Waals surface area contributed by atoms with Crippen molar-refractivity contribution < 1.29 is 23.5 Å². The van der Waals surface area contributed by atoms with Crippen LogP contribution < -0.4 is 20.4 Å². The Kier molecular flexibility index (Phi) is 7.67. The first-order valence-corrected chi connectivity index (χ1v) is 12.7. The van der Waals surface area contributed by atoms with Crippen LogP contribution in [-0.2, 0) is 14.3 Å². The Morgan fingerprint density at radius 1 is 1.28 bits per heavy atom. The number of carbonyl (C=O) groups excluding carboxylic acids is 3. The van der Waals surface area contributed by atoms with Gasteiger partial charge in [0.1, 0.15) is 17.5 Å². The van der Waals surface area contributed by atoms with Crippen LogP contribution in [0, 0.1) is 23.1 Å². The van der Waals surface area contributed by atoms with Gasteiger partial charge in [-0.1, -0.05) is 19.3 Å². The molecule has 4 rings (SSSR count). The largest absolute Gasteiger partial charge is 0.442 e. The summed E-state index contributed by atoms with van der Waals surface area (Å²) in [4.78, 5) is 39.7. The second kappa shape index (κ2) is 10.7. The zero-order chi connectivity index (χ0) is 25.9. The van der Waals surface area contributed by atoms with Crippen molar-refractivity contribution in [2.24, 2.45) is 5.92 Å². The predicted molar refractivity (Wildman–Crippen MR) is 132 cm³/mol. The lowest BCUT2D eigenvalue weighted by Gasteiger charge is -2.40. The highest BCUT2D eigenvalue weighted by Gasteiger charge is 2.38. The fraction of sp³-hybridized carbons (Fsp3) is 0.615. The van der Waals surface area contributed by atoms with Gasteiger partial charge >= 0.3 is 6.09 Å². The molecule has 0 spiro atoms. The van der Waals surface area contributed by atoms with Crippen molar-refractivity contribution in [1.29, 1.82) is 5.26 Å². The number of rotatable bonds is 6. The molecule has 0 radical (unpaired) electrons. The molecular weight excluding hydrogens is 465 g/mol. The van der Waals surface area contributed by atoms with Gasteiger partial charge in [0.15, 0.2) is 0 Å². The van der Waals surface area contributed by atoms with Gasteiger partial charge in [-0.3, -0.25) is 14.5 Å². The Morgan fingerprint density at radius 3 is 2.67 bits per heavy atom. The Balaban J connectivity index is 1.37. The van der Waals surface area contributed by atoms with E-state index < -0.39 is 23.6 Å². The second-order valence-corrected chi connectivity index (χ2v) is 10.2. The van der Waals surface area contributed by atoms with E-state index in [1.165, 1.54) is 17.9 Å². The third kappa shape index (κ3) is 5.55. The number of carbonyl (C=O) groups is 3. The van der Waals surface area contributed by atoms with Crippen molar-refractivity contribution in [1.82, 2.24) is 10.6 Å². The second-order valence-electron chi connectivity index (χ2n) is 10.2. The number of amides is 3. The van der Waals surface area contributed by atoms with Crippen LogP contribution in [0.25, 0.3) is 0 Å². The van der Waals surface area contributed by atoms with Crippen LogP contribution in [0.3, 0.4) is 0 Å². The van der Waals surface area contributed by atoms with Gasteiger partial charge < -0.3 is 20.3 Å². The average Bonchev–Trinajstić information content (AvgIpc) is 3.24. The number of nitriles is 1. The topological polar surface area (TPSA) is 115 Å². The molecule has 3 amide bonds. The highest BCUT2D eigenvalue weighted by molar-refractivity contribution is 5.90. The maximum absolute atomic E-state index is 15.2. The van der Waals surface area contributed by atoms with Crippen molar-refractivity contribution in [3.63, 3.8) is 0 Å². The summed E-state index contributed by atoms with van der Waals surface area (Å²) in [5, 5.41) is 15.3. The standard InChI is InChI=1S/C26H34FN5O4/c1-17-12-19(24(34)30-26(16-28)9-4-3-5-10-26)8-11-31(17)23-7-6-20(13-22(23)27)32-15-21(36-25(32)35)14-29-18(2)33/h6-7,13,17,19,21H,3-5,8-12,14-15H2,1-2H3,(H,29,33)(H,30,34). The smallest absolute Gasteiger partial charge is 0.414 e. The lowest BCUT2D eigenvalue weighted by Crippen LogP contribution is -2.53. The number of nitrogens with zero attached hydrogens (tertiary/aromatic N) is 3. The number of piperidine rings is 1. The number of anilines is 2. The molecule has 36 heavy (non-hydrogen) atoms. The zero-order valence-corrected chi connectivity index (χ0v) is 20.9. The van der Waals surface area contributed by atoms with Gasteiger partial charge in [0.25, 0.3) is 0 Å². The van der Waals surface area contributed by atoms with Gasteiger partial charge in [0.05, 0.1) is 30.5 Å². The number of halogens is 1. The van der Waals surface area contributed by atoms with Gasteiger partial charge in [0.2, 0.25) is 11.8 Å². The van der Waals surface area contributed by atoms with Crippen molar-refractivity contribution >= 4 is 29.3 Å². The normalized spacial score (nSPS) is 25.6. The first-order chi connectivity index (χ1) is 17.2. The van der Waals surface area contributed by atoms with Gasteiger partial charge in [-0.2, -0.15) is 5.26 Å². The first-order valence-electron chi connectivity index (χ1n) is 12.7. The van der Waals surface area contributed by atoms with Gasteiger partial charge in [-0.25, -0.2) is 9.18 Å². The van der Waals surface area contributed by atoms with Crippen LogP contribution in [0.15, 0.2) is 18.2 Å². The average molecular weight is 500 g/mol. The van der Waals surface area contributed by atoms with Crippen molar-refractivity contribution in [2.75, 3.05) is 29.4 Å². The zero-order valence-electron chi connectivity index (χ0n) is 20.9. The third-order valence-electron chi connectivity index (χ3n) is 7.54. The minimum atomic E-state index is -0.754. The summed E-state index contributed by atoms with van der Waals surface area (Å²) >= 11 is 0. The monoisotopic (exact) mass is 499 g/mol. The Bertz CT molecular complexity index is 1050. The van der Waals surface area contributed by atoms with Crippen LogP contribution in [0.4, 0.5) is 20.6 Å². The number of benzene rings is 1. The van der Waals surface area contributed by atoms with E-state index in [-0.39, 0.29) is 36.9 Å². The molecule has 2 N–H and O–H groups in total. The highest BCUT2D eigenvalue weighted by Crippen LogP contribution is 2.34. The molecule has 194 valence electrons. The molecule has 3 fully saturated rings. The fourth-order valence-corrected chi connectivity index (χ4v) is 5.52. The summed E-state index contributed by atoms with van der Waals surface area (Å²) in [5.41, 5.74) is 0.0613. The molecule has 2 saturated heterocycles. The summed E-state index contributed by atoms with van der Waals surface area (Å²) in [6.45, 7) is 4.29. The van der Waals surface area contributed by atoms with E-state index >= 15 is 4.39 Å². The number of ether oxygens (including phenoxy) is 1. The Labute approximate surface area is 210 Å². The number of hydrogen-bond acceptors (Lipinski definition) is 6. The van der Waals surface area contributed by atoms with Crippen molar-refractivity contribution in [3.8, 4) is 6.07 Å². The molecule has 1 saturated carbocycles. The summed E-state index contributed by atoms with van der Waals surface area (Å²) in [5.74, 6) is -0.965.